The number of amides is 2. The van der Waals surface area contributed by atoms with Crippen LogP contribution in [0.2, 0.25) is 0 Å². The molecule has 0 spiro atoms. The zero-order valence-corrected chi connectivity index (χ0v) is 14.0. The van der Waals surface area contributed by atoms with E-state index in [1.54, 1.807) is 0 Å². The molecule has 104 valence electrons. The Balaban J connectivity index is 2.64. The van der Waals surface area contributed by atoms with Crippen molar-refractivity contribution >= 4 is 43.7 Å². The molecule has 0 bridgehead atoms. The average Bonchev–Trinajstić information content (AvgIpc) is 2.32. The number of nitrogens with zero attached hydrogens (tertiary/aromatic N) is 2. The zero-order valence-electron chi connectivity index (χ0n) is 10.9. The number of rotatable bonds is 4. The molecule has 18 heavy (non-hydrogen) atoms. The number of alkyl halides is 2. The summed E-state index contributed by atoms with van der Waals surface area (Å²) in [7, 11) is 0. The van der Waals surface area contributed by atoms with Crippen LogP contribution in [0.1, 0.15) is 26.7 Å². The van der Waals surface area contributed by atoms with Crippen LogP contribution in [0.5, 0.6) is 0 Å². The van der Waals surface area contributed by atoms with E-state index in [1.165, 1.54) is 0 Å². The lowest BCUT2D eigenvalue weighted by molar-refractivity contribution is -0.145. The predicted molar refractivity (Wildman–Crippen MR) is 79.2 cm³/mol. The van der Waals surface area contributed by atoms with Gasteiger partial charge in [-0.15, -0.1) is 0 Å². The van der Waals surface area contributed by atoms with Gasteiger partial charge in [-0.1, -0.05) is 31.9 Å². The monoisotopic (exact) mass is 382 g/mol. The molecule has 1 heterocycles. The van der Waals surface area contributed by atoms with E-state index in [9.17, 15) is 9.59 Å². The minimum Gasteiger partial charge on any atom is -0.336 e. The van der Waals surface area contributed by atoms with Crippen molar-refractivity contribution < 1.29 is 9.59 Å². The fourth-order valence-electron chi connectivity index (χ4n) is 2.27. The van der Waals surface area contributed by atoms with Crippen LogP contribution in [0.25, 0.3) is 0 Å². The maximum atomic E-state index is 11.9. The summed E-state index contributed by atoms with van der Waals surface area (Å²) >= 11 is 6.58. The Morgan fingerprint density at radius 3 is 1.56 bits per heavy atom. The molecule has 1 fully saturated rings. The van der Waals surface area contributed by atoms with Crippen molar-refractivity contribution in [2.24, 2.45) is 0 Å². The van der Waals surface area contributed by atoms with Crippen molar-refractivity contribution in [3.8, 4) is 0 Å². The van der Waals surface area contributed by atoms with E-state index in [-0.39, 0.29) is 23.9 Å². The van der Waals surface area contributed by atoms with E-state index < -0.39 is 0 Å². The highest BCUT2D eigenvalue weighted by Gasteiger charge is 2.33. The summed E-state index contributed by atoms with van der Waals surface area (Å²) < 4.78 is 0. The van der Waals surface area contributed by atoms with E-state index >= 15 is 0 Å². The fraction of sp³-hybridized carbons (Fsp3) is 0.833. The van der Waals surface area contributed by atoms with Crippen LogP contribution in [-0.2, 0) is 9.59 Å². The predicted octanol–water partition coefficient (Wildman–Crippen LogP) is 2.00. The molecule has 0 aliphatic carbocycles. The SMILES string of the molecule is CC1CN(C(=O)CCBr)C(C)CN1C(=O)CCBr. The van der Waals surface area contributed by atoms with Gasteiger partial charge in [-0.05, 0) is 13.8 Å². The van der Waals surface area contributed by atoms with Gasteiger partial charge < -0.3 is 9.80 Å². The summed E-state index contributed by atoms with van der Waals surface area (Å²) in [5, 5.41) is 1.38. The first-order valence-corrected chi connectivity index (χ1v) is 8.46. The Morgan fingerprint density at radius 2 is 1.28 bits per heavy atom. The summed E-state index contributed by atoms with van der Waals surface area (Å²) in [4.78, 5) is 27.7. The Labute approximate surface area is 125 Å². The van der Waals surface area contributed by atoms with E-state index in [4.69, 9.17) is 0 Å². The van der Waals surface area contributed by atoms with Gasteiger partial charge in [-0.2, -0.15) is 0 Å². The number of hydrogen-bond acceptors (Lipinski definition) is 2. The van der Waals surface area contributed by atoms with Crippen molar-refractivity contribution in [2.75, 3.05) is 23.7 Å². The Kier molecular flexibility index (Phi) is 6.63. The van der Waals surface area contributed by atoms with Gasteiger partial charge in [0.1, 0.15) is 0 Å². The van der Waals surface area contributed by atoms with Gasteiger partial charge >= 0.3 is 0 Å². The van der Waals surface area contributed by atoms with Gasteiger partial charge in [-0.25, -0.2) is 0 Å². The largest absolute Gasteiger partial charge is 0.336 e. The normalized spacial score (nSPS) is 24.2. The second-order valence-corrected chi connectivity index (χ2v) is 6.25. The van der Waals surface area contributed by atoms with E-state index in [0.29, 0.717) is 36.6 Å². The van der Waals surface area contributed by atoms with Gasteiger partial charge in [0, 0.05) is 48.7 Å². The first-order valence-electron chi connectivity index (χ1n) is 6.22. The lowest BCUT2D eigenvalue weighted by Crippen LogP contribution is -2.59. The highest BCUT2D eigenvalue weighted by Crippen LogP contribution is 2.17. The van der Waals surface area contributed by atoms with Gasteiger partial charge in [-0.3, -0.25) is 9.59 Å². The maximum absolute atomic E-state index is 11.9. The summed E-state index contributed by atoms with van der Waals surface area (Å²) in [5.41, 5.74) is 0. The molecule has 0 aromatic carbocycles. The molecule has 0 radical (unpaired) electrons. The molecule has 2 amide bonds. The van der Waals surface area contributed by atoms with Crippen LogP contribution in [-0.4, -0.2) is 57.4 Å². The van der Waals surface area contributed by atoms with Crippen molar-refractivity contribution in [3.63, 3.8) is 0 Å². The van der Waals surface area contributed by atoms with Crippen LogP contribution in [0, 0.1) is 0 Å². The van der Waals surface area contributed by atoms with E-state index in [1.807, 2.05) is 23.6 Å². The molecule has 2 atom stereocenters. The number of piperazine rings is 1. The molecule has 1 aliphatic rings. The minimum atomic E-state index is 0.104. The second kappa shape index (κ2) is 7.48. The number of hydrogen-bond donors (Lipinski definition) is 0. The van der Waals surface area contributed by atoms with Crippen molar-refractivity contribution in [3.05, 3.63) is 0 Å². The van der Waals surface area contributed by atoms with Crippen molar-refractivity contribution in [1.29, 1.82) is 0 Å². The standard InChI is InChI=1S/C12H20Br2N2O2/c1-9-7-16(12(18)4-6-14)10(2)8-15(9)11(17)3-5-13/h9-10H,3-8H2,1-2H3. The van der Waals surface area contributed by atoms with Crippen molar-refractivity contribution in [2.45, 2.75) is 38.8 Å². The third kappa shape index (κ3) is 3.95. The molecule has 0 N–H and O–H groups in total. The van der Waals surface area contributed by atoms with Gasteiger partial charge in [0.05, 0.1) is 0 Å². The Morgan fingerprint density at radius 1 is 0.944 bits per heavy atom. The van der Waals surface area contributed by atoms with Gasteiger partial charge in [0.25, 0.3) is 0 Å². The molecule has 0 saturated carbocycles. The Bertz CT molecular complexity index is 282. The van der Waals surface area contributed by atoms with Crippen LogP contribution in [0.4, 0.5) is 0 Å². The summed E-state index contributed by atoms with van der Waals surface area (Å²) in [6.07, 6.45) is 1.04. The topological polar surface area (TPSA) is 40.6 Å². The lowest BCUT2D eigenvalue weighted by atomic mass is 10.1. The molecular formula is C12H20Br2N2O2. The third-order valence-corrected chi connectivity index (χ3v) is 4.04. The Hall–Kier alpha value is -0.100. The van der Waals surface area contributed by atoms with Crippen LogP contribution in [0.3, 0.4) is 0 Å². The molecule has 6 heteroatoms. The molecular weight excluding hydrogens is 364 g/mol. The molecule has 1 aliphatic heterocycles. The van der Waals surface area contributed by atoms with Crippen LogP contribution < -0.4 is 0 Å². The molecule has 0 aromatic rings. The quantitative estimate of drug-likeness (QED) is 0.696. The first-order chi connectivity index (χ1) is 8.51. The molecule has 1 saturated heterocycles. The number of carbonyl (C=O) groups excluding carboxylic acids is 2. The highest BCUT2D eigenvalue weighted by atomic mass is 79.9. The first kappa shape index (κ1) is 16.0. The summed E-state index contributed by atoms with van der Waals surface area (Å²) in [6.45, 7) is 5.29. The van der Waals surface area contributed by atoms with E-state index in [2.05, 4.69) is 31.9 Å². The molecule has 1 rings (SSSR count). The maximum Gasteiger partial charge on any atom is 0.223 e. The minimum absolute atomic E-state index is 0.104. The van der Waals surface area contributed by atoms with Crippen LogP contribution >= 0.6 is 31.9 Å². The summed E-state index contributed by atoms with van der Waals surface area (Å²) in [6, 6.07) is 0.207. The highest BCUT2D eigenvalue weighted by molar-refractivity contribution is 9.09. The summed E-state index contributed by atoms with van der Waals surface area (Å²) in [5.74, 6) is 0.331. The third-order valence-electron chi connectivity index (χ3n) is 3.24. The zero-order chi connectivity index (χ0) is 13.7. The van der Waals surface area contributed by atoms with Crippen molar-refractivity contribution in [1.82, 2.24) is 9.80 Å². The number of carbonyl (C=O) groups is 2. The number of halogens is 2. The van der Waals surface area contributed by atoms with Gasteiger partial charge in [0.2, 0.25) is 11.8 Å². The fourth-order valence-corrected chi connectivity index (χ4v) is 2.95. The van der Waals surface area contributed by atoms with E-state index in [0.717, 1.165) is 0 Å². The smallest absolute Gasteiger partial charge is 0.223 e. The average molecular weight is 384 g/mol. The second-order valence-electron chi connectivity index (χ2n) is 4.67. The molecule has 4 nitrogen and oxygen atoms in total. The van der Waals surface area contributed by atoms with Crippen LogP contribution in [0.15, 0.2) is 0 Å². The lowest BCUT2D eigenvalue weighted by Gasteiger charge is -2.44. The molecule has 0 aromatic heterocycles. The molecule has 2 unspecified atom stereocenters. The van der Waals surface area contributed by atoms with Gasteiger partial charge in [0.15, 0.2) is 0 Å².